The second kappa shape index (κ2) is 6.02. The summed E-state index contributed by atoms with van der Waals surface area (Å²) < 4.78 is 0. The van der Waals surface area contributed by atoms with E-state index in [0.29, 0.717) is 5.82 Å². The van der Waals surface area contributed by atoms with Gasteiger partial charge in [-0.05, 0) is 29.0 Å². The summed E-state index contributed by atoms with van der Waals surface area (Å²) in [6.45, 7) is 1.95. The molecule has 3 aromatic rings. The molecular weight excluding hydrogens is 296 g/mol. The Kier molecular flexibility index (Phi) is 3.75. The minimum Gasteiger partial charge on any atom is -0.360 e. The molecule has 2 heterocycles. The van der Waals surface area contributed by atoms with Gasteiger partial charge in [0.05, 0.1) is 7.05 Å². The van der Waals surface area contributed by atoms with Crippen molar-refractivity contribution in [2.24, 2.45) is 7.05 Å². The molecule has 1 aromatic carbocycles. The van der Waals surface area contributed by atoms with E-state index in [0.717, 1.165) is 16.8 Å². The van der Waals surface area contributed by atoms with Crippen molar-refractivity contribution in [2.45, 2.75) is 6.92 Å². The molecular formula is C13H12N10. The van der Waals surface area contributed by atoms with Gasteiger partial charge in [-0.2, -0.15) is 15.3 Å². The second-order valence-electron chi connectivity index (χ2n) is 4.68. The van der Waals surface area contributed by atoms with Gasteiger partial charge in [-0.3, -0.25) is 0 Å². The first-order valence-corrected chi connectivity index (χ1v) is 6.63. The molecule has 0 bridgehead atoms. The summed E-state index contributed by atoms with van der Waals surface area (Å²) in [5, 5.41) is 37.5. The van der Waals surface area contributed by atoms with Gasteiger partial charge >= 0.3 is 0 Å². The number of nitrogens with zero attached hydrogens (tertiary/aromatic N) is 8. The highest BCUT2D eigenvalue weighted by molar-refractivity contribution is 5.75. The van der Waals surface area contributed by atoms with E-state index in [1.54, 1.807) is 7.05 Å². The van der Waals surface area contributed by atoms with E-state index in [4.69, 9.17) is 5.26 Å². The van der Waals surface area contributed by atoms with Gasteiger partial charge in [-0.1, -0.05) is 12.1 Å². The molecule has 0 atom stereocenters. The monoisotopic (exact) mass is 308 g/mol. The summed E-state index contributed by atoms with van der Waals surface area (Å²) in [5.74, 6) is 0.752. The summed E-state index contributed by atoms with van der Waals surface area (Å²) in [6.07, 6.45) is 1.53. The van der Waals surface area contributed by atoms with Gasteiger partial charge in [0.2, 0.25) is 11.6 Å². The Balaban J connectivity index is 1.89. The number of hydrogen-bond acceptors (Lipinski definition) is 8. The molecule has 0 radical (unpaired) electrons. The van der Waals surface area contributed by atoms with E-state index in [9.17, 15) is 0 Å². The lowest BCUT2D eigenvalue weighted by Gasteiger charge is -2.07. The number of aromatic amines is 1. The first kappa shape index (κ1) is 14.3. The molecule has 0 amide bonds. The average Bonchev–Trinajstić information content (AvgIpc) is 3.21. The summed E-state index contributed by atoms with van der Waals surface area (Å²) >= 11 is 0. The molecule has 10 nitrogen and oxygen atoms in total. The van der Waals surface area contributed by atoms with Crippen LogP contribution in [0.2, 0.25) is 0 Å². The lowest BCUT2D eigenvalue weighted by Crippen LogP contribution is -1.96. The van der Waals surface area contributed by atoms with Crippen molar-refractivity contribution >= 4 is 11.3 Å². The quantitative estimate of drug-likeness (QED) is 0.672. The molecule has 0 unspecified atom stereocenters. The Morgan fingerprint density at radius 1 is 1.39 bits per heavy atom. The topological polar surface area (TPSA) is 134 Å². The van der Waals surface area contributed by atoms with Crippen LogP contribution in [-0.2, 0) is 7.05 Å². The Morgan fingerprint density at radius 3 is 2.91 bits per heavy atom. The Labute approximate surface area is 130 Å². The van der Waals surface area contributed by atoms with Crippen molar-refractivity contribution in [3.8, 4) is 17.5 Å². The molecule has 0 aliphatic carbocycles. The van der Waals surface area contributed by atoms with Gasteiger partial charge in [0.1, 0.15) is 11.6 Å². The molecule has 0 fully saturated rings. The number of nitrogens with one attached hydrogen (secondary N) is 2. The lowest BCUT2D eigenvalue weighted by atomic mass is 10.1. The van der Waals surface area contributed by atoms with E-state index in [-0.39, 0.29) is 11.4 Å². The molecule has 0 saturated heterocycles. The van der Waals surface area contributed by atoms with Crippen molar-refractivity contribution in [1.82, 2.24) is 40.8 Å². The fourth-order valence-electron chi connectivity index (χ4n) is 1.89. The maximum atomic E-state index is 9.17. The largest absolute Gasteiger partial charge is 0.360 e. The molecule has 2 N–H and O–H groups in total. The molecule has 2 aromatic heterocycles. The van der Waals surface area contributed by atoms with Crippen LogP contribution in [0.3, 0.4) is 0 Å². The van der Waals surface area contributed by atoms with Crippen LogP contribution < -0.4 is 5.32 Å². The molecule has 0 saturated carbocycles. The van der Waals surface area contributed by atoms with Gasteiger partial charge < -0.3 is 5.32 Å². The number of rotatable bonds is 4. The van der Waals surface area contributed by atoms with E-state index >= 15 is 0 Å². The van der Waals surface area contributed by atoms with Crippen LogP contribution in [0.1, 0.15) is 11.4 Å². The van der Waals surface area contributed by atoms with Crippen molar-refractivity contribution in [2.75, 3.05) is 5.32 Å². The van der Waals surface area contributed by atoms with Crippen molar-refractivity contribution in [1.29, 1.82) is 5.26 Å². The third-order valence-electron chi connectivity index (χ3n) is 3.08. The number of benzene rings is 1. The third-order valence-corrected chi connectivity index (χ3v) is 3.08. The minimum atomic E-state index is 0.226. The Hall–Kier alpha value is -3.61. The highest BCUT2D eigenvalue weighted by atomic mass is 15.6. The number of aromatic nitrogens is 8. The zero-order valence-electron chi connectivity index (χ0n) is 12.4. The summed E-state index contributed by atoms with van der Waals surface area (Å²) in [5.41, 5.74) is 2.89. The van der Waals surface area contributed by atoms with E-state index < -0.39 is 0 Å². The molecule has 0 aliphatic heterocycles. The fourth-order valence-corrected chi connectivity index (χ4v) is 1.89. The standard InChI is InChI=1S/C13H12N10/c1-8-3-4-9(13-18-22-23(2)19-13)5-11(8)15-7-10(6-14)12-16-20-21-17-12/h3-5,7,15H,1-2H3,(H,16,17,20,21). The highest BCUT2D eigenvalue weighted by Crippen LogP contribution is 2.23. The van der Waals surface area contributed by atoms with Crippen LogP contribution in [0.5, 0.6) is 0 Å². The number of nitriles is 1. The predicted molar refractivity (Wildman–Crippen MR) is 80.4 cm³/mol. The fraction of sp³-hybridized carbons (Fsp3) is 0.154. The number of H-pyrrole nitrogens is 1. The smallest absolute Gasteiger partial charge is 0.216 e. The number of allylic oxidation sites excluding steroid dienone is 1. The molecule has 0 aliphatic rings. The molecule has 10 heteroatoms. The maximum Gasteiger partial charge on any atom is 0.216 e. The number of hydrogen-bond donors (Lipinski definition) is 2. The number of tetrazole rings is 2. The van der Waals surface area contributed by atoms with Gasteiger partial charge in [0.15, 0.2) is 0 Å². The van der Waals surface area contributed by atoms with Crippen LogP contribution >= 0.6 is 0 Å². The van der Waals surface area contributed by atoms with Crippen LogP contribution in [-0.4, -0.2) is 40.8 Å². The van der Waals surface area contributed by atoms with E-state index in [1.165, 1.54) is 11.0 Å². The summed E-state index contributed by atoms with van der Waals surface area (Å²) in [4.78, 5) is 1.40. The van der Waals surface area contributed by atoms with Crippen LogP contribution in [0.25, 0.3) is 17.0 Å². The molecule has 3 rings (SSSR count). The first-order valence-electron chi connectivity index (χ1n) is 6.63. The van der Waals surface area contributed by atoms with Gasteiger partial charge in [0, 0.05) is 17.5 Å². The number of aryl methyl sites for hydroxylation is 2. The zero-order chi connectivity index (χ0) is 16.2. The van der Waals surface area contributed by atoms with Gasteiger partial charge in [0.25, 0.3) is 0 Å². The van der Waals surface area contributed by atoms with Crippen molar-refractivity contribution in [3.05, 3.63) is 35.8 Å². The maximum absolute atomic E-state index is 9.17. The SMILES string of the molecule is Cc1ccc(-c2nnn(C)n2)cc1NC=C(C#N)c1nn[nH]n1. The van der Waals surface area contributed by atoms with Crippen LogP contribution in [0.4, 0.5) is 5.69 Å². The number of anilines is 1. The van der Waals surface area contributed by atoms with Crippen LogP contribution in [0, 0.1) is 18.3 Å². The lowest BCUT2D eigenvalue weighted by molar-refractivity contribution is 0.630. The molecule has 23 heavy (non-hydrogen) atoms. The van der Waals surface area contributed by atoms with Crippen molar-refractivity contribution in [3.63, 3.8) is 0 Å². The summed E-state index contributed by atoms with van der Waals surface area (Å²) in [6, 6.07) is 7.74. The van der Waals surface area contributed by atoms with E-state index in [2.05, 4.69) is 41.4 Å². The van der Waals surface area contributed by atoms with E-state index in [1.807, 2.05) is 31.2 Å². The summed E-state index contributed by atoms with van der Waals surface area (Å²) in [7, 11) is 1.71. The molecule has 114 valence electrons. The Bertz CT molecular complexity index is 884. The highest BCUT2D eigenvalue weighted by Gasteiger charge is 2.08. The first-order chi connectivity index (χ1) is 11.2. The third kappa shape index (κ3) is 3.03. The van der Waals surface area contributed by atoms with Gasteiger partial charge in [-0.25, -0.2) is 0 Å². The van der Waals surface area contributed by atoms with Crippen LogP contribution in [0.15, 0.2) is 24.4 Å². The van der Waals surface area contributed by atoms with Crippen molar-refractivity contribution < 1.29 is 0 Å². The molecule has 0 spiro atoms. The Morgan fingerprint density at radius 2 is 2.26 bits per heavy atom. The predicted octanol–water partition coefficient (Wildman–Crippen LogP) is 0.675. The second-order valence-corrected chi connectivity index (χ2v) is 4.68. The minimum absolute atomic E-state index is 0.226. The zero-order valence-corrected chi connectivity index (χ0v) is 12.4. The normalized spacial score (nSPS) is 11.3. The average molecular weight is 308 g/mol. The van der Waals surface area contributed by atoms with Gasteiger partial charge in [-0.15, -0.1) is 20.4 Å².